The zero-order chi connectivity index (χ0) is 19.9. The number of hydrogen-bond donors (Lipinski definition) is 0. The van der Waals surface area contributed by atoms with Crippen molar-refractivity contribution < 1.29 is 9.53 Å². The lowest BCUT2D eigenvalue weighted by atomic mass is 10.2. The summed E-state index contributed by atoms with van der Waals surface area (Å²) in [4.78, 5) is 15.9. The molecule has 0 fully saturated rings. The molecule has 0 aliphatic rings. The van der Waals surface area contributed by atoms with Crippen molar-refractivity contribution in [3.8, 4) is 5.75 Å². The largest absolute Gasteiger partial charge is 0.489 e. The average molecular weight is 400 g/mol. The molecular weight excluding hydrogens is 378 g/mol. The third-order valence-corrected chi connectivity index (χ3v) is 5.48. The summed E-state index contributed by atoms with van der Waals surface area (Å²) >= 11 is 1.46. The third-order valence-electron chi connectivity index (χ3n) is 4.51. The van der Waals surface area contributed by atoms with E-state index in [1.807, 2.05) is 107 Å². The van der Waals surface area contributed by atoms with Gasteiger partial charge in [0, 0.05) is 11.3 Å². The minimum absolute atomic E-state index is 0.00369. The maximum Gasteiger partial charge on any atom is 0.268 e. The Hall–Kier alpha value is -3.37. The van der Waals surface area contributed by atoms with E-state index in [2.05, 4.69) is 0 Å². The van der Waals surface area contributed by atoms with Gasteiger partial charge in [0.25, 0.3) is 5.91 Å². The van der Waals surface area contributed by atoms with Crippen molar-refractivity contribution in [2.45, 2.75) is 13.2 Å². The predicted octanol–water partition coefficient (Wildman–Crippen LogP) is 6.17. The average Bonchev–Trinajstić information content (AvgIpc) is 3.27. The van der Waals surface area contributed by atoms with Crippen LogP contribution in [0.25, 0.3) is 0 Å². The second kappa shape index (κ2) is 9.22. The van der Waals surface area contributed by atoms with E-state index < -0.39 is 0 Å². The summed E-state index contributed by atoms with van der Waals surface area (Å²) in [7, 11) is 0. The van der Waals surface area contributed by atoms with Gasteiger partial charge in [0.2, 0.25) is 0 Å². The summed E-state index contributed by atoms with van der Waals surface area (Å²) in [6.07, 6.45) is 0. The monoisotopic (exact) mass is 399 g/mol. The van der Waals surface area contributed by atoms with Crippen LogP contribution in [0.3, 0.4) is 0 Å². The van der Waals surface area contributed by atoms with Gasteiger partial charge in [-0.2, -0.15) is 0 Å². The molecule has 0 unspecified atom stereocenters. The van der Waals surface area contributed by atoms with E-state index in [9.17, 15) is 4.79 Å². The number of para-hydroxylation sites is 2. The van der Waals surface area contributed by atoms with Gasteiger partial charge in [-0.1, -0.05) is 66.7 Å². The third kappa shape index (κ3) is 4.92. The molecule has 0 spiro atoms. The number of hydrogen-bond acceptors (Lipinski definition) is 3. The number of carbonyl (C=O) groups is 1. The number of carbonyl (C=O) groups excluding carboxylic acids is 1. The molecule has 1 aromatic heterocycles. The molecule has 3 aromatic carbocycles. The van der Waals surface area contributed by atoms with Crippen LogP contribution in [0.1, 0.15) is 20.8 Å². The van der Waals surface area contributed by atoms with Gasteiger partial charge >= 0.3 is 0 Å². The van der Waals surface area contributed by atoms with E-state index in [-0.39, 0.29) is 5.91 Å². The molecule has 144 valence electrons. The molecule has 1 heterocycles. The Morgan fingerprint density at radius 3 is 2.10 bits per heavy atom. The Morgan fingerprint density at radius 1 is 0.793 bits per heavy atom. The van der Waals surface area contributed by atoms with Crippen molar-refractivity contribution in [1.82, 2.24) is 0 Å². The number of anilines is 1. The molecule has 0 aliphatic heterocycles. The maximum absolute atomic E-state index is 13.3. The second-order valence-electron chi connectivity index (χ2n) is 6.63. The topological polar surface area (TPSA) is 29.5 Å². The number of benzene rings is 3. The normalized spacial score (nSPS) is 10.5. The molecule has 4 heteroatoms. The minimum atomic E-state index is -0.00369. The summed E-state index contributed by atoms with van der Waals surface area (Å²) in [5.41, 5.74) is 2.97. The van der Waals surface area contributed by atoms with Crippen LogP contribution in [0.15, 0.2) is 102 Å². The van der Waals surface area contributed by atoms with E-state index in [1.165, 1.54) is 11.3 Å². The number of nitrogens with zero attached hydrogens (tertiary/aromatic N) is 1. The second-order valence-corrected chi connectivity index (χ2v) is 7.54. The summed E-state index contributed by atoms with van der Waals surface area (Å²) in [5, 5.41) is 1.99. The standard InChI is InChI=1S/C25H21NO2S/c27-25(24-16-21(19-29-24)18-28-23-14-8-3-9-15-23)26(22-12-6-2-7-13-22)17-20-10-4-1-5-11-20/h1-16,19H,17-18H2. The molecule has 0 saturated carbocycles. The molecular formula is C25H21NO2S. The summed E-state index contributed by atoms with van der Waals surface area (Å²) in [6.45, 7) is 0.968. The summed E-state index contributed by atoms with van der Waals surface area (Å²) < 4.78 is 5.81. The number of amides is 1. The van der Waals surface area contributed by atoms with E-state index in [0.29, 0.717) is 18.0 Å². The molecule has 4 rings (SSSR count). The highest BCUT2D eigenvalue weighted by Gasteiger charge is 2.20. The number of ether oxygens (including phenoxy) is 1. The van der Waals surface area contributed by atoms with Crippen LogP contribution in [0.4, 0.5) is 5.69 Å². The molecule has 3 nitrogen and oxygen atoms in total. The fraction of sp³-hybridized carbons (Fsp3) is 0.0800. The van der Waals surface area contributed by atoms with Crippen molar-refractivity contribution >= 4 is 22.9 Å². The van der Waals surface area contributed by atoms with Gasteiger partial charge in [-0.05, 0) is 41.3 Å². The van der Waals surface area contributed by atoms with Crippen molar-refractivity contribution in [3.05, 3.63) is 118 Å². The van der Waals surface area contributed by atoms with Crippen LogP contribution < -0.4 is 9.64 Å². The smallest absolute Gasteiger partial charge is 0.268 e. The first kappa shape index (κ1) is 19.0. The van der Waals surface area contributed by atoms with Crippen LogP contribution in [0, 0.1) is 0 Å². The van der Waals surface area contributed by atoms with Crippen LogP contribution in [-0.2, 0) is 13.2 Å². The van der Waals surface area contributed by atoms with Crippen LogP contribution >= 0.6 is 11.3 Å². The summed E-state index contributed by atoms with van der Waals surface area (Å²) in [5.74, 6) is 0.817. The van der Waals surface area contributed by atoms with Crippen LogP contribution in [0.2, 0.25) is 0 Å². The van der Waals surface area contributed by atoms with Crippen molar-refractivity contribution in [2.75, 3.05) is 4.90 Å². The van der Waals surface area contributed by atoms with Crippen LogP contribution in [0.5, 0.6) is 5.75 Å². The van der Waals surface area contributed by atoms with Crippen molar-refractivity contribution in [2.24, 2.45) is 0 Å². The molecule has 0 aliphatic carbocycles. The van der Waals surface area contributed by atoms with Gasteiger partial charge in [-0.3, -0.25) is 4.79 Å². The lowest BCUT2D eigenvalue weighted by molar-refractivity contribution is 0.0989. The van der Waals surface area contributed by atoms with E-state index in [4.69, 9.17) is 4.74 Å². The van der Waals surface area contributed by atoms with E-state index in [1.54, 1.807) is 0 Å². The predicted molar refractivity (Wildman–Crippen MR) is 118 cm³/mol. The fourth-order valence-corrected chi connectivity index (χ4v) is 3.88. The first-order valence-corrected chi connectivity index (χ1v) is 10.3. The Balaban J connectivity index is 1.52. The number of rotatable bonds is 7. The zero-order valence-electron chi connectivity index (χ0n) is 15.9. The molecule has 29 heavy (non-hydrogen) atoms. The van der Waals surface area contributed by atoms with Crippen molar-refractivity contribution in [3.63, 3.8) is 0 Å². The first-order valence-electron chi connectivity index (χ1n) is 9.46. The molecule has 0 N–H and O–H groups in total. The zero-order valence-corrected chi connectivity index (χ0v) is 16.7. The van der Waals surface area contributed by atoms with Gasteiger partial charge in [-0.25, -0.2) is 0 Å². The Kier molecular flexibility index (Phi) is 6.03. The number of thiophene rings is 1. The highest BCUT2D eigenvalue weighted by atomic mass is 32.1. The minimum Gasteiger partial charge on any atom is -0.489 e. The Labute approximate surface area is 174 Å². The lowest BCUT2D eigenvalue weighted by Crippen LogP contribution is -2.29. The Bertz CT molecular complexity index is 1050. The molecule has 0 radical (unpaired) electrons. The molecule has 0 bridgehead atoms. The quantitative estimate of drug-likeness (QED) is 0.372. The molecule has 0 saturated heterocycles. The van der Waals surface area contributed by atoms with Gasteiger partial charge in [0.1, 0.15) is 12.4 Å². The van der Waals surface area contributed by atoms with E-state index >= 15 is 0 Å². The first-order chi connectivity index (χ1) is 14.3. The molecule has 4 aromatic rings. The van der Waals surface area contributed by atoms with Crippen molar-refractivity contribution in [1.29, 1.82) is 0 Å². The molecule has 1 amide bonds. The van der Waals surface area contributed by atoms with Gasteiger partial charge in [0.05, 0.1) is 11.4 Å². The Morgan fingerprint density at radius 2 is 1.41 bits per heavy atom. The SMILES string of the molecule is O=C(c1cc(COc2ccccc2)cs1)N(Cc1ccccc1)c1ccccc1. The van der Waals surface area contributed by atoms with E-state index in [0.717, 1.165) is 22.6 Å². The molecule has 0 atom stereocenters. The fourth-order valence-electron chi connectivity index (χ4n) is 3.03. The highest BCUT2D eigenvalue weighted by Crippen LogP contribution is 2.24. The van der Waals surface area contributed by atoms with Gasteiger partial charge in [0.15, 0.2) is 0 Å². The van der Waals surface area contributed by atoms with Crippen LogP contribution in [-0.4, -0.2) is 5.91 Å². The summed E-state index contributed by atoms with van der Waals surface area (Å²) in [6, 6.07) is 31.5. The maximum atomic E-state index is 13.3. The van der Waals surface area contributed by atoms with Gasteiger partial charge in [-0.15, -0.1) is 11.3 Å². The highest BCUT2D eigenvalue weighted by molar-refractivity contribution is 7.12. The van der Waals surface area contributed by atoms with Gasteiger partial charge < -0.3 is 9.64 Å². The lowest BCUT2D eigenvalue weighted by Gasteiger charge is -2.22.